The number of aryl methyl sites for hydroxylation is 1. The number of hydrogen-bond donors (Lipinski definition) is 1. The molecule has 1 aliphatic carbocycles. The minimum Gasteiger partial charge on any atom is -0.310 e. The van der Waals surface area contributed by atoms with E-state index < -0.39 is 0 Å². The molecule has 0 saturated heterocycles. The maximum Gasteiger partial charge on any atom is 0.262 e. The maximum atomic E-state index is 13.3. The van der Waals surface area contributed by atoms with Crippen LogP contribution in [0.25, 0.3) is 21.0 Å². The Bertz CT molecular complexity index is 1500. The lowest BCUT2D eigenvalue weighted by atomic mass is 9.92. The maximum absolute atomic E-state index is 13.3. The van der Waals surface area contributed by atoms with E-state index in [1.165, 1.54) is 26.8 Å². The fraction of sp³-hybridized carbons (Fsp3) is 0.222. The predicted molar refractivity (Wildman–Crippen MR) is 134 cm³/mol. The molecule has 33 heavy (non-hydrogen) atoms. The van der Waals surface area contributed by atoms with E-state index in [1.54, 1.807) is 28.4 Å². The molecule has 6 heteroatoms. The Kier molecular flexibility index (Phi) is 5.24. The van der Waals surface area contributed by atoms with E-state index in [2.05, 4.69) is 57.7 Å². The molecule has 0 aliphatic heterocycles. The number of rotatable bonds is 5. The number of thiophene rings is 1. The van der Waals surface area contributed by atoms with E-state index in [0.717, 1.165) is 41.7 Å². The highest BCUT2D eigenvalue weighted by molar-refractivity contribution is 7.18. The molecule has 0 unspecified atom stereocenters. The van der Waals surface area contributed by atoms with Crippen LogP contribution in [-0.4, -0.2) is 20.6 Å². The van der Waals surface area contributed by atoms with Crippen molar-refractivity contribution < 1.29 is 0 Å². The van der Waals surface area contributed by atoms with Crippen LogP contribution in [0.4, 0.5) is 0 Å². The smallest absolute Gasteiger partial charge is 0.262 e. The first-order valence-electron chi connectivity index (χ1n) is 11.4. The van der Waals surface area contributed by atoms with Gasteiger partial charge in [-0.1, -0.05) is 48.5 Å². The molecule has 3 heterocycles. The largest absolute Gasteiger partial charge is 0.310 e. The number of hydrogen-bond acceptors (Lipinski definition) is 5. The first-order valence-corrected chi connectivity index (χ1v) is 12.2. The van der Waals surface area contributed by atoms with Gasteiger partial charge in [0.05, 0.1) is 24.0 Å². The minimum atomic E-state index is 0.0466. The molecule has 5 nitrogen and oxygen atoms in total. The van der Waals surface area contributed by atoms with Gasteiger partial charge in [0.2, 0.25) is 0 Å². The van der Waals surface area contributed by atoms with Crippen molar-refractivity contribution in [3.05, 3.63) is 105 Å². The van der Waals surface area contributed by atoms with Crippen LogP contribution in [0.3, 0.4) is 0 Å². The second-order valence-corrected chi connectivity index (χ2v) is 9.73. The molecule has 1 atom stereocenters. The van der Waals surface area contributed by atoms with Crippen molar-refractivity contribution in [2.45, 2.75) is 38.4 Å². The zero-order chi connectivity index (χ0) is 22.2. The van der Waals surface area contributed by atoms with Gasteiger partial charge in [0.15, 0.2) is 0 Å². The average Bonchev–Trinajstić information content (AvgIpc) is 3.23. The molecule has 5 aromatic rings. The summed E-state index contributed by atoms with van der Waals surface area (Å²) in [4.78, 5) is 24.4. The summed E-state index contributed by atoms with van der Waals surface area (Å²) in [5.74, 6) is 0. The normalized spacial score (nSPS) is 15.7. The molecule has 3 aromatic heterocycles. The molecule has 1 N–H and O–H groups in total. The summed E-state index contributed by atoms with van der Waals surface area (Å²) in [6.45, 7) is 1.30. The summed E-state index contributed by atoms with van der Waals surface area (Å²) in [5, 5.41) is 7.16. The second kappa shape index (κ2) is 8.54. The van der Waals surface area contributed by atoms with E-state index in [9.17, 15) is 4.79 Å². The lowest BCUT2D eigenvalue weighted by Crippen LogP contribution is -2.34. The standard InChI is InChI=1S/C27H24N4OS/c32-27-25-23-12-11-20(29-15-19-8-5-7-18-6-1-2-10-22(18)19)14-24(23)33-26(25)30-17-31(27)16-21-9-3-4-13-28-21/h1-10,13,17,20,29H,11-12,14-16H2/t20-/m0/s1. The number of pyridine rings is 1. The van der Waals surface area contributed by atoms with Gasteiger partial charge in [0, 0.05) is 23.7 Å². The van der Waals surface area contributed by atoms with E-state index >= 15 is 0 Å². The number of benzene rings is 2. The molecular weight excluding hydrogens is 428 g/mol. The third kappa shape index (κ3) is 3.86. The van der Waals surface area contributed by atoms with Crippen molar-refractivity contribution in [1.29, 1.82) is 0 Å². The van der Waals surface area contributed by atoms with Gasteiger partial charge in [-0.2, -0.15) is 0 Å². The van der Waals surface area contributed by atoms with E-state index in [1.807, 2.05) is 18.2 Å². The van der Waals surface area contributed by atoms with Crippen molar-refractivity contribution in [3.63, 3.8) is 0 Å². The molecule has 2 aromatic carbocycles. The second-order valence-electron chi connectivity index (χ2n) is 8.64. The van der Waals surface area contributed by atoms with Crippen LogP contribution in [0.2, 0.25) is 0 Å². The van der Waals surface area contributed by atoms with Crippen LogP contribution in [0, 0.1) is 0 Å². The van der Waals surface area contributed by atoms with Crippen molar-refractivity contribution >= 4 is 32.3 Å². The van der Waals surface area contributed by atoms with Crippen LogP contribution < -0.4 is 10.9 Å². The number of fused-ring (bicyclic) bond motifs is 4. The Morgan fingerprint density at radius 1 is 1.03 bits per heavy atom. The average molecular weight is 453 g/mol. The number of nitrogens with one attached hydrogen (secondary N) is 1. The van der Waals surface area contributed by atoms with Crippen molar-refractivity contribution in [2.24, 2.45) is 0 Å². The molecule has 0 fully saturated rings. The molecule has 6 rings (SSSR count). The molecule has 0 saturated carbocycles. The quantitative estimate of drug-likeness (QED) is 0.420. The van der Waals surface area contributed by atoms with Gasteiger partial charge in [0.25, 0.3) is 5.56 Å². The van der Waals surface area contributed by atoms with Gasteiger partial charge in [-0.05, 0) is 53.3 Å². The third-order valence-electron chi connectivity index (χ3n) is 6.56. The first-order chi connectivity index (χ1) is 16.3. The topological polar surface area (TPSA) is 59.8 Å². The van der Waals surface area contributed by atoms with Gasteiger partial charge < -0.3 is 5.32 Å². The highest BCUT2D eigenvalue weighted by Gasteiger charge is 2.25. The van der Waals surface area contributed by atoms with E-state index in [-0.39, 0.29) is 5.56 Å². The van der Waals surface area contributed by atoms with Gasteiger partial charge in [-0.3, -0.25) is 14.3 Å². The summed E-state index contributed by atoms with van der Waals surface area (Å²) in [6.07, 6.45) is 6.30. The van der Waals surface area contributed by atoms with Crippen molar-refractivity contribution in [3.8, 4) is 0 Å². The zero-order valence-electron chi connectivity index (χ0n) is 18.2. The number of aromatic nitrogens is 3. The molecule has 1 aliphatic rings. The van der Waals surface area contributed by atoms with Crippen LogP contribution in [0.5, 0.6) is 0 Å². The van der Waals surface area contributed by atoms with E-state index in [0.29, 0.717) is 12.6 Å². The Balaban J connectivity index is 1.23. The van der Waals surface area contributed by atoms with Crippen LogP contribution in [-0.2, 0) is 25.9 Å². The molecule has 0 bridgehead atoms. The summed E-state index contributed by atoms with van der Waals surface area (Å²) in [6, 6.07) is 21.2. The molecule has 0 radical (unpaired) electrons. The fourth-order valence-electron chi connectivity index (χ4n) is 4.86. The molecule has 164 valence electrons. The monoisotopic (exact) mass is 452 g/mol. The van der Waals surface area contributed by atoms with Gasteiger partial charge in [-0.15, -0.1) is 11.3 Å². The fourth-order valence-corrected chi connectivity index (χ4v) is 6.11. The Labute approximate surface area is 195 Å². The van der Waals surface area contributed by atoms with Crippen LogP contribution in [0.1, 0.15) is 28.1 Å². The summed E-state index contributed by atoms with van der Waals surface area (Å²) < 4.78 is 1.68. The first kappa shape index (κ1) is 20.3. The minimum absolute atomic E-state index is 0.0466. The summed E-state index contributed by atoms with van der Waals surface area (Å²) >= 11 is 1.68. The van der Waals surface area contributed by atoms with Gasteiger partial charge >= 0.3 is 0 Å². The zero-order valence-corrected chi connectivity index (χ0v) is 19.0. The lowest BCUT2D eigenvalue weighted by molar-refractivity contribution is 0.463. The Morgan fingerprint density at radius 3 is 2.82 bits per heavy atom. The molecule has 0 spiro atoms. The van der Waals surface area contributed by atoms with E-state index in [4.69, 9.17) is 0 Å². The van der Waals surface area contributed by atoms with Crippen LogP contribution in [0.15, 0.2) is 78.0 Å². The molecule has 0 amide bonds. The highest BCUT2D eigenvalue weighted by atomic mass is 32.1. The van der Waals surface area contributed by atoms with Gasteiger partial charge in [-0.25, -0.2) is 4.98 Å². The predicted octanol–water partition coefficient (Wildman–Crippen LogP) is 4.70. The van der Waals surface area contributed by atoms with Crippen molar-refractivity contribution in [1.82, 2.24) is 19.9 Å². The Hall–Kier alpha value is -3.35. The highest BCUT2D eigenvalue weighted by Crippen LogP contribution is 2.34. The third-order valence-corrected chi connectivity index (χ3v) is 7.72. The van der Waals surface area contributed by atoms with Gasteiger partial charge in [0.1, 0.15) is 4.83 Å². The summed E-state index contributed by atoms with van der Waals surface area (Å²) in [7, 11) is 0. The van der Waals surface area contributed by atoms with Crippen molar-refractivity contribution in [2.75, 3.05) is 0 Å². The SMILES string of the molecule is O=c1c2c3c(sc2ncn1Cc1ccccn1)C[C@@H](NCc1cccc2ccccc12)CC3. The summed E-state index contributed by atoms with van der Waals surface area (Å²) in [5.41, 5.74) is 3.44. The lowest BCUT2D eigenvalue weighted by Gasteiger charge is -2.23. The Morgan fingerprint density at radius 2 is 1.91 bits per heavy atom. The molecular formula is C27H24N4OS. The number of nitrogens with zero attached hydrogens (tertiary/aromatic N) is 3. The van der Waals surface area contributed by atoms with Crippen LogP contribution >= 0.6 is 11.3 Å².